The van der Waals surface area contributed by atoms with Crippen molar-refractivity contribution in [3.05, 3.63) is 108 Å². The van der Waals surface area contributed by atoms with Crippen molar-refractivity contribution >= 4 is 10.1 Å². The second-order valence-electron chi connectivity index (χ2n) is 8.72. The molecule has 4 atom stereocenters. The minimum Gasteiger partial charge on any atom is -0.374 e. The first-order valence-corrected chi connectivity index (χ1v) is 13.7. The molecule has 1 heterocycles. The summed E-state index contributed by atoms with van der Waals surface area (Å²) in [4.78, 5) is 0. The Balaban J connectivity index is 1.49. The van der Waals surface area contributed by atoms with Gasteiger partial charge in [0.15, 0.2) is 0 Å². The SMILES string of the molecule is CS(=O)(=O)OC[C@@H]1O[C@H](COCc2ccccc2)[C@@H](OCc2ccccc2)[C@@H]1OCc1ccccc1. The Hall–Kier alpha value is -2.59. The zero-order valence-corrected chi connectivity index (χ0v) is 21.1. The first kappa shape index (κ1) is 26.5. The molecule has 0 bridgehead atoms. The first-order chi connectivity index (χ1) is 17.5. The van der Waals surface area contributed by atoms with Gasteiger partial charge in [-0.15, -0.1) is 0 Å². The Labute approximate surface area is 213 Å². The molecule has 3 aromatic carbocycles. The van der Waals surface area contributed by atoms with Crippen LogP contribution in [0.4, 0.5) is 0 Å². The zero-order valence-electron chi connectivity index (χ0n) is 20.3. The van der Waals surface area contributed by atoms with Gasteiger partial charge in [0.1, 0.15) is 24.4 Å². The van der Waals surface area contributed by atoms with E-state index in [0.29, 0.717) is 19.8 Å². The normalized spacial score (nSPS) is 22.0. The van der Waals surface area contributed by atoms with E-state index >= 15 is 0 Å². The van der Waals surface area contributed by atoms with Crippen LogP contribution < -0.4 is 0 Å². The number of hydrogen-bond acceptors (Lipinski definition) is 7. The van der Waals surface area contributed by atoms with E-state index in [-0.39, 0.29) is 13.2 Å². The van der Waals surface area contributed by atoms with Crippen LogP contribution in [-0.4, -0.2) is 52.3 Å². The summed E-state index contributed by atoms with van der Waals surface area (Å²) < 4.78 is 53.3. The molecule has 0 unspecified atom stereocenters. The van der Waals surface area contributed by atoms with Crippen molar-refractivity contribution in [2.45, 2.75) is 44.2 Å². The van der Waals surface area contributed by atoms with E-state index in [1.807, 2.05) is 91.0 Å². The molecule has 36 heavy (non-hydrogen) atoms. The fourth-order valence-corrected chi connectivity index (χ4v) is 4.45. The van der Waals surface area contributed by atoms with Gasteiger partial charge in [-0.25, -0.2) is 0 Å². The Morgan fingerprint density at radius 3 is 1.50 bits per heavy atom. The van der Waals surface area contributed by atoms with Crippen LogP contribution in [0.2, 0.25) is 0 Å². The molecule has 0 spiro atoms. The Morgan fingerprint density at radius 1 is 0.639 bits per heavy atom. The molecule has 1 aliphatic rings. The van der Waals surface area contributed by atoms with Crippen molar-refractivity contribution in [1.82, 2.24) is 0 Å². The Bertz CT molecular complexity index is 1140. The maximum atomic E-state index is 11.7. The van der Waals surface area contributed by atoms with E-state index in [1.165, 1.54) is 0 Å². The van der Waals surface area contributed by atoms with Crippen LogP contribution in [0.5, 0.6) is 0 Å². The van der Waals surface area contributed by atoms with E-state index in [9.17, 15) is 8.42 Å². The molecule has 8 heteroatoms. The molecule has 1 aliphatic heterocycles. The van der Waals surface area contributed by atoms with Crippen molar-refractivity contribution in [3.8, 4) is 0 Å². The van der Waals surface area contributed by atoms with Gasteiger partial charge in [0.2, 0.25) is 0 Å². The fourth-order valence-electron chi connectivity index (χ4n) is 4.07. The number of ether oxygens (including phenoxy) is 4. The zero-order chi connectivity index (χ0) is 25.2. The van der Waals surface area contributed by atoms with Gasteiger partial charge in [-0.05, 0) is 16.7 Å². The molecule has 0 saturated carbocycles. The van der Waals surface area contributed by atoms with Crippen LogP contribution in [0, 0.1) is 0 Å². The third-order valence-corrected chi connectivity index (χ3v) is 6.38. The molecular weight excluding hydrogens is 480 g/mol. The summed E-state index contributed by atoms with van der Waals surface area (Å²) in [6.07, 6.45) is -1.13. The van der Waals surface area contributed by atoms with Crippen LogP contribution in [0.15, 0.2) is 91.0 Å². The number of rotatable bonds is 13. The van der Waals surface area contributed by atoms with E-state index in [4.69, 9.17) is 23.1 Å². The maximum absolute atomic E-state index is 11.7. The van der Waals surface area contributed by atoms with Crippen molar-refractivity contribution < 1.29 is 31.5 Å². The van der Waals surface area contributed by atoms with Crippen molar-refractivity contribution in [3.63, 3.8) is 0 Å². The van der Waals surface area contributed by atoms with Gasteiger partial charge in [-0.1, -0.05) is 91.0 Å². The maximum Gasteiger partial charge on any atom is 0.264 e. The Morgan fingerprint density at radius 2 is 1.06 bits per heavy atom. The summed E-state index contributed by atoms with van der Waals surface area (Å²) in [5, 5.41) is 0. The lowest BCUT2D eigenvalue weighted by molar-refractivity contribution is -0.0900. The predicted molar refractivity (Wildman–Crippen MR) is 136 cm³/mol. The second kappa shape index (κ2) is 13.1. The molecule has 0 amide bonds. The third-order valence-electron chi connectivity index (χ3n) is 5.82. The summed E-state index contributed by atoms with van der Waals surface area (Å²) >= 11 is 0. The summed E-state index contributed by atoms with van der Waals surface area (Å²) in [6, 6.07) is 29.5. The van der Waals surface area contributed by atoms with Crippen molar-refractivity contribution in [2.75, 3.05) is 19.5 Å². The van der Waals surface area contributed by atoms with Crippen molar-refractivity contribution in [2.24, 2.45) is 0 Å². The molecule has 7 nitrogen and oxygen atoms in total. The molecular formula is C28H32O7S. The molecule has 1 saturated heterocycles. The van der Waals surface area contributed by atoms with Gasteiger partial charge in [0.05, 0.1) is 39.3 Å². The summed E-state index contributed by atoms with van der Waals surface area (Å²) in [5.74, 6) is 0. The quantitative estimate of drug-likeness (QED) is 0.319. The molecule has 1 fully saturated rings. The van der Waals surface area contributed by atoms with Crippen LogP contribution in [0.3, 0.4) is 0 Å². The highest BCUT2D eigenvalue weighted by Crippen LogP contribution is 2.30. The lowest BCUT2D eigenvalue weighted by Crippen LogP contribution is -2.40. The Kier molecular flexibility index (Phi) is 9.63. The van der Waals surface area contributed by atoms with Crippen molar-refractivity contribution in [1.29, 1.82) is 0 Å². The van der Waals surface area contributed by atoms with Crippen LogP contribution >= 0.6 is 0 Å². The summed E-state index contributed by atoms with van der Waals surface area (Å²) in [6.45, 7) is 1.20. The van der Waals surface area contributed by atoms with Gasteiger partial charge in [-0.3, -0.25) is 4.18 Å². The highest BCUT2D eigenvalue weighted by molar-refractivity contribution is 7.85. The van der Waals surface area contributed by atoms with Gasteiger partial charge in [0.25, 0.3) is 10.1 Å². The molecule has 3 aromatic rings. The summed E-state index contributed by atoms with van der Waals surface area (Å²) in [7, 11) is -3.65. The van der Waals surface area contributed by atoms with Gasteiger partial charge in [0, 0.05) is 0 Å². The van der Waals surface area contributed by atoms with Crippen LogP contribution in [0.1, 0.15) is 16.7 Å². The molecule has 192 valence electrons. The van der Waals surface area contributed by atoms with Crippen LogP contribution in [0.25, 0.3) is 0 Å². The largest absolute Gasteiger partial charge is 0.374 e. The summed E-state index contributed by atoms with van der Waals surface area (Å²) in [5.41, 5.74) is 3.05. The highest BCUT2D eigenvalue weighted by Gasteiger charge is 2.47. The van der Waals surface area contributed by atoms with E-state index < -0.39 is 34.5 Å². The third kappa shape index (κ3) is 8.23. The number of benzene rings is 3. The van der Waals surface area contributed by atoms with Gasteiger partial charge in [-0.2, -0.15) is 8.42 Å². The molecule has 0 aliphatic carbocycles. The average Bonchev–Trinajstić information content (AvgIpc) is 3.22. The van der Waals surface area contributed by atoms with E-state index in [0.717, 1.165) is 22.9 Å². The van der Waals surface area contributed by atoms with E-state index in [1.54, 1.807) is 0 Å². The highest BCUT2D eigenvalue weighted by atomic mass is 32.2. The average molecular weight is 513 g/mol. The molecule has 0 radical (unpaired) electrons. The van der Waals surface area contributed by atoms with E-state index in [2.05, 4.69) is 0 Å². The predicted octanol–water partition coefficient (Wildman–Crippen LogP) is 4.12. The molecule has 0 aromatic heterocycles. The fraction of sp³-hybridized carbons (Fsp3) is 0.357. The monoisotopic (exact) mass is 512 g/mol. The van der Waals surface area contributed by atoms with Gasteiger partial charge < -0.3 is 18.9 Å². The minimum absolute atomic E-state index is 0.168. The minimum atomic E-state index is -3.65. The molecule has 0 N–H and O–H groups in total. The second-order valence-corrected chi connectivity index (χ2v) is 10.4. The lowest BCUT2D eigenvalue weighted by Gasteiger charge is -2.25. The number of hydrogen-bond donors (Lipinski definition) is 0. The molecule has 4 rings (SSSR count). The van der Waals surface area contributed by atoms with Gasteiger partial charge >= 0.3 is 0 Å². The smallest absolute Gasteiger partial charge is 0.264 e. The van der Waals surface area contributed by atoms with Crippen LogP contribution in [-0.2, 0) is 53.1 Å². The lowest BCUT2D eigenvalue weighted by atomic mass is 10.1. The topological polar surface area (TPSA) is 80.3 Å². The first-order valence-electron chi connectivity index (χ1n) is 11.9. The standard InChI is InChI=1S/C28H32O7S/c1-36(29,30)34-21-26-28(33-19-24-15-9-4-10-16-24)27(32-18-23-13-7-3-8-14-23)25(35-26)20-31-17-22-11-5-2-6-12-22/h2-16,25-28H,17-21H2,1H3/t25-,26+,27-,28-/m1/s1.